The fraction of sp³-hybridized carbons (Fsp3) is 0.625. The van der Waals surface area contributed by atoms with Gasteiger partial charge in [-0.25, -0.2) is 0 Å². The van der Waals surface area contributed by atoms with Gasteiger partial charge in [0.15, 0.2) is 5.78 Å². The second-order valence-corrected chi connectivity index (χ2v) is 6.45. The van der Waals surface area contributed by atoms with Crippen molar-refractivity contribution in [1.82, 2.24) is 9.78 Å². The predicted molar refractivity (Wildman–Crippen MR) is 76.5 cm³/mol. The Morgan fingerprint density at radius 3 is 3.00 bits per heavy atom. The number of aromatic nitrogens is 2. The summed E-state index contributed by atoms with van der Waals surface area (Å²) in [7, 11) is 1.95. The highest BCUT2D eigenvalue weighted by Gasteiger charge is 2.52. The van der Waals surface area contributed by atoms with E-state index in [2.05, 4.69) is 25.1 Å². The number of Topliss-reactive ketones (excluding diaryl/α,β-unsaturated/α-hetero) is 1. The van der Waals surface area contributed by atoms with Crippen LogP contribution in [0.2, 0.25) is 0 Å². The van der Waals surface area contributed by atoms with Gasteiger partial charge >= 0.3 is 0 Å². The van der Waals surface area contributed by atoms with E-state index in [9.17, 15) is 9.90 Å². The van der Waals surface area contributed by atoms with Gasteiger partial charge in [-0.05, 0) is 37.2 Å². The van der Waals surface area contributed by atoms with Gasteiger partial charge in [0, 0.05) is 30.2 Å². The van der Waals surface area contributed by atoms with E-state index in [4.69, 9.17) is 0 Å². The minimum atomic E-state index is -0.127. The number of hydrogen-bond acceptors (Lipinski definition) is 3. The fourth-order valence-corrected chi connectivity index (χ4v) is 4.35. The maximum absolute atomic E-state index is 12.4. The molecule has 4 heteroatoms. The van der Waals surface area contributed by atoms with Gasteiger partial charge in [0.1, 0.15) is 0 Å². The van der Waals surface area contributed by atoms with Crippen LogP contribution < -0.4 is 0 Å². The Bertz CT molecular complexity index is 587. The summed E-state index contributed by atoms with van der Waals surface area (Å²) in [6.45, 7) is 4.28. The largest absolute Gasteiger partial charge is 0.515 e. The Morgan fingerprint density at radius 1 is 1.60 bits per heavy atom. The molecule has 1 saturated carbocycles. The van der Waals surface area contributed by atoms with Crippen molar-refractivity contribution in [2.24, 2.45) is 18.9 Å². The number of carbonyl (C=O) groups excluding carboxylic acids is 1. The molecule has 1 aromatic rings. The molecule has 0 saturated heterocycles. The van der Waals surface area contributed by atoms with Gasteiger partial charge in [0.2, 0.25) is 0 Å². The first-order valence-corrected chi connectivity index (χ1v) is 7.41. The quantitative estimate of drug-likeness (QED) is 0.633. The predicted octanol–water partition coefficient (Wildman–Crippen LogP) is 2.68. The molecule has 0 radical (unpaired) electrons. The number of aliphatic hydroxyl groups is 1. The third-order valence-electron chi connectivity index (χ3n) is 5.28. The average Bonchev–Trinajstić information content (AvgIpc) is 2.81. The summed E-state index contributed by atoms with van der Waals surface area (Å²) >= 11 is 0. The summed E-state index contributed by atoms with van der Waals surface area (Å²) in [6.07, 6.45) is 6.59. The van der Waals surface area contributed by atoms with Crippen molar-refractivity contribution in [2.75, 3.05) is 0 Å². The van der Waals surface area contributed by atoms with Crippen LogP contribution in [-0.2, 0) is 23.7 Å². The molecule has 0 bridgehead atoms. The summed E-state index contributed by atoms with van der Waals surface area (Å²) in [6, 6.07) is 0. The standard InChI is InChI=1S/C16H22N2O2/c1-4-12-13-6-5-10-8-18(3)17-15(10)16(13,2)7-11(9-19)14(12)20/h8-9,12-13,19H,4-7H2,1-3H3/b11-9-/t12-,13-,16-/m0/s1. The van der Waals surface area contributed by atoms with Gasteiger partial charge < -0.3 is 5.11 Å². The Morgan fingerprint density at radius 2 is 2.35 bits per heavy atom. The molecule has 3 rings (SSSR count). The van der Waals surface area contributed by atoms with Crippen LogP contribution in [0.15, 0.2) is 18.0 Å². The van der Waals surface area contributed by atoms with Gasteiger partial charge in [-0.1, -0.05) is 13.8 Å². The van der Waals surface area contributed by atoms with Crippen molar-refractivity contribution in [1.29, 1.82) is 0 Å². The fourth-order valence-electron chi connectivity index (χ4n) is 4.35. The molecule has 20 heavy (non-hydrogen) atoms. The Balaban J connectivity index is 2.13. The second kappa shape index (κ2) is 4.47. The number of aryl methyl sites for hydroxylation is 2. The molecule has 108 valence electrons. The summed E-state index contributed by atoms with van der Waals surface area (Å²) in [5.41, 5.74) is 2.86. The van der Waals surface area contributed by atoms with Crippen LogP contribution in [-0.4, -0.2) is 20.7 Å². The minimum Gasteiger partial charge on any atom is -0.515 e. The number of rotatable bonds is 1. The minimum absolute atomic E-state index is 0.0160. The maximum atomic E-state index is 12.4. The van der Waals surface area contributed by atoms with Crippen LogP contribution in [0.4, 0.5) is 0 Å². The third kappa shape index (κ3) is 1.67. The van der Waals surface area contributed by atoms with Crippen LogP contribution in [0.25, 0.3) is 0 Å². The summed E-state index contributed by atoms with van der Waals surface area (Å²) in [5.74, 6) is 0.491. The van der Waals surface area contributed by atoms with E-state index in [0.29, 0.717) is 17.9 Å². The Hall–Kier alpha value is -1.58. The zero-order chi connectivity index (χ0) is 14.5. The lowest BCUT2D eigenvalue weighted by atomic mass is 9.55. The molecule has 1 aromatic heterocycles. The lowest BCUT2D eigenvalue weighted by molar-refractivity contribution is -0.125. The molecule has 0 amide bonds. The van der Waals surface area contributed by atoms with Crippen molar-refractivity contribution in [2.45, 2.75) is 44.9 Å². The molecule has 1 N–H and O–H groups in total. The second-order valence-electron chi connectivity index (χ2n) is 6.45. The first-order valence-electron chi connectivity index (χ1n) is 7.41. The normalized spacial score (nSPS) is 35.0. The lowest BCUT2D eigenvalue weighted by Gasteiger charge is -2.48. The van der Waals surface area contributed by atoms with E-state index >= 15 is 0 Å². The smallest absolute Gasteiger partial charge is 0.165 e. The van der Waals surface area contributed by atoms with Crippen LogP contribution >= 0.6 is 0 Å². The van der Waals surface area contributed by atoms with Gasteiger partial charge in [0.05, 0.1) is 12.0 Å². The molecule has 3 atom stereocenters. The van der Waals surface area contributed by atoms with E-state index in [0.717, 1.165) is 31.2 Å². The van der Waals surface area contributed by atoms with Gasteiger partial charge in [0.25, 0.3) is 0 Å². The molecular formula is C16H22N2O2. The number of ketones is 1. The van der Waals surface area contributed by atoms with E-state index in [1.807, 2.05) is 11.7 Å². The molecule has 4 nitrogen and oxygen atoms in total. The zero-order valence-corrected chi connectivity index (χ0v) is 12.4. The SMILES string of the molecule is CC[C@@H]1C(=O)/C(=C\O)C[C@]2(C)c3nn(C)cc3CC[C@@H]12. The molecule has 0 unspecified atom stereocenters. The molecule has 2 aliphatic carbocycles. The lowest BCUT2D eigenvalue weighted by Crippen LogP contribution is -2.48. The van der Waals surface area contributed by atoms with Crippen molar-refractivity contribution in [3.8, 4) is 0 Å². The van der Waals surface area contributed by atoms with Gasteiger partial charge in [-0.3, -0.25) is 9.48 Å². The topological polar surface area (TPSA) is 55.1 Å². The summed E-state index contributed by atoms with van der Waals surface area (Å²) in [4.78, 5) is 12.4. The molecule has 0 aliphatic heterocycles. The van der Waals surface area contributed by atoms with Crippen LogP contribution in [0.1, 0.15) is 44.4 Å². The molecule has 1 fully saturated rings. The molecule has 0 aromatic carbocycles. The van der Waals surface area contributed by atoms with Crippen molar-refractivity contribution in [3.05, 3.63) is 29.3 Å². The van der Waals surface area contributed by atoms with Crippen LogP contribution in [0.5, 0.6) is 0 Å². The third-order valence-corrected chi connectivity index (χ3v) is 5.28. The van der Waals surface area contributed by atoms with E-state index in [-0.39, 0.29) is 17.1 Å². The van der Waals surface area contributed by atoms with Gasteiger partial charge in [-0.2, -0.15) is 5.10 Å². The highest BCUT2D eigenvalue weighted by atomic mass is 16.2. The number of fused-ring (bicyclic) bond motifs is 3. The number of nitrogens with zero attached hydrogens (tertiary/aromatic N) is 2. The first-order chi connectivity index (χ1) is 9.51. The van der Waals surface area contributed by atoms with Crippen molar-refractivity contribution >= 4 is 5.78 Å². The maximum Gasteiger partial charge on any atom is 0.165 e. The van der Waals surface area contributed by atoms with Crippen LogP contribution in [0, 0.1) is 11.8 Å². The Kier molecular flexibility index (Phi) is 3.00. The summed E-state index contributed by atoms with van der Waals surface area (Å²) < 4.78 is 1.87. The van der Waals surface area contributed by atoms with Crippen LogP contribution in [0.3, 0.4) is 0 Å². The number of allylic oxidation sites excluding steroid dienone is 1. The number of hydrogen-bond donors (Lipinski definition) is 1. The van der Waals surface area contributed by atoms with E-state index in [1.165, 1.54) is 5.56 Å². The first kappa shape index (κ1) is 13.4. The highest BCUT2D eigenvalue weighted by Crippen LogP contribution is 2.52. The average molecular weight is 274 g/mol. The van der Waals surface area contributed by atoms with Crippen molar-refractivity contribution < 1.29 is 9.90 Å². The summed E-state index contributed by atoms with van der Waals surface area (Å²) in [5, 5.41) is 14.1. The monoisotopic (exact) mass is 274 g/mol. The molecule has 1 heterocycles. The molecule has 0 spiro atoms. The number of aliphatic hydroxyl groups excluding tert-OH is 1. The zero-order valence-electron chi connectivity index (χ0n) is 12.4. The van der Waals surface area contributed by atoms with E-state index in [1.54, 1.807) is 0 Å². The molecule has 2 aliphatic rings. The Labute approximate surface area is 119 Å². The van der Waals surface area contributed by atoms with Crippen molar-refractivity contribution in [3.63, 3.8) is 0 Å². The highest BCUT2D eigenvalue weighted by molar-refractivity contribution is 5.98. The van der Waals surface area contributed by atoms with E-state index < -0.39 is 0 Å². The van der Waals surface area contributed by atoms with Gasteiger partial charge in [-0.15, -0.1) is 0 Å². The molecular weight excluding hydrogens is 252 g/mol. The number of carbonyl (C=O) groups is 1.